The fourth-order valence-electron chi connectivity index (χ4n) is 1.58. The summed E-state index contributed by atoms with van der Waals surface area (Å²) in [6, 6.07) is 7.43. The largest absolute Gasteiger partial charge is 0.481 e. The molecule has 2 N–H and O–H groups in total. The molecule has 2 unspecified atom stereocenters. The number of benzene rings is 1. The van der Waals surface area contributed by atoms with Gasteiger partial charge in [0.1, 0.15) is 0 Å². The Morgan fingerprint density at radius 2 is 2.06 bits per heavy atom. The van der Waals surface area contributed by atoms with E-state index >= 15 is 0 Å². The number of rotatable bonds is 4. The highest BCUT2D eigenvalue weighted by Gasteiger charge is 2.19. The van der Waals surface area contributed by atoms with Gasteiger partial charge in [0.2, 0.25) is 5.95 Å². The first kappa shape index (κ1) is 12.3. The SMILES string of the molecule is CC(Nc1ncc2ccccc2n1)C(C)C(=O)O. The number of hydrogen-bond donors (Lipinski definition) is 2. The van der Waals surface area contributed by atoms with Crippen LogP contribution >= 0.6 is 0 Å². The Morgan fingerprint density at radius 1 is 1.33 bits per heavy atom. The molecule has 5 heteroatoms. The molecular weight excluding hydrogens is 230 g/mol. The van der Waals surface area contributed by atoms with E-state index in [1.54, 1.807) is 20.0 Å². The zero-order chi connectivity index (χ0) is 13.1. The van der Waals surface area contributed by atoms with Crippen molar-refractivity contribution in [2.45, 2.75) is 19.9 Å². The Labute approximate surface area is 105 Å². The monoisotopic (exact) mass is 245 g/mol. The van der Waals surface area contributed by atoms with Gasteiger partial charge in [0.05, 0.1) is 11.4 Å². The lowest BCUT2D eigenvalue weighted by Crippen LogP contribution is -2.30. The van der Waals surface area contributed by atoms with Crippen molar-refractivity contribution in [2.75, 3.05) is 5.32 Å². The van der Waals surface area contributed by atoms with Crippen LogP contribution in [0.4, 0.5) is 5.95 Å². The van der Waals surface area contributed by atoms with E-state index < -0.39 is 11.9 Å². The maximum Gasteiger partial charge on any atom is 0.308 e. The van der Waals surface area contributed by atoms with Gasteiger partial charge >= 0.3 is 5.97 Å². The van der Waals surface area contributed by atoms with Gasteiger partial charge < -0.3 is 10.4 Å². The van der Waals surface area contributed by atoms with E-state index in [0.29, 0.717) is 5.95 Å². The molecule has 0 saturated carbocycles. The van der Waals surface area contributed by atoms with E-state index in [1.807, 2.05) is 24.3 Å². The Morgan fingerprint density at radius 3 is 2.78 bits per heavy atom. The molecular formula is C13H15N3O2. The van der Waals surface area contributed by atoms with Crippen LogP contribution in [0.15, 0.2) is 30.5 Å². The van der Waals surface area contributed by atoms with Crippen LogP contribution in [0, 0.1) is 5.92 Å². The van der Waals surface area contributed by atoms with Gasteiger partial charge in [0.25, 0.3) is 0 Å². The first-order valence-corrected chi connectivity index (χ1v) is 5.79. The molecule has 0 aliphatic rings. The topological polar surface area (TPSA) is 75.1 Å². The number of para-hydroxylation sites is 1. The molecule has 0 radical (unpaired) electrons. The number of nitrogens with one attached hydrogen (secondary N) is 1. The summed E-state index contributed by atoms with van der Waals surface area (Å²) < 4.78 is 0. The number of carbonyl (C=O) groups is 1. The zero-order valence-electron chi connectivity index (χ0n) is 10.3. The predicted molar refractivity (Wildman–Crippen MR) is 69.4 cm³/mol. The number of aromatic nitrogens is 2. The summed E-state index contributed by atoms with van der Waals surface area (Å²) in [6.45, 7) is 3.46. The molecule has 2 aromatic rings. The summed E-state index contributed by atoms with van der Waals surface area (Å²) >= 11 is 0. The molecule has 18 heavy (non-hydrogen) atoms. The minimum absolute atomic E-state index is 0.233. The maximum absolute atomic E-state index is 10.9. The Kier molecular flexibility index (Phi) is 3.41. The van der Waals surface area contributed by atoms with E-state index in [9.17, 15) is 4.79 Å². The number of aliphatic carboxylic acids is 1. The van der Waals surface area contributed by atoms with Crippen molar-refractivity contribution >= 4 is 22.8 Å². The summed E-state index contributed by atoms with van der Waals surface area (Å²) in [5, 5.41) is 12.9. The molecule has 94 valence electrons. The van der Waals surface area contributed by atoms with E-state index in [2.05, 4.69) is 15.3 Å². The van der Waals surface area contributed by atoms with Crippen LogP contribution in [0.5, 0.6) is 0 Å². The summed E-state index contributed by atoms with van der Waals surface area (Å²) in [7, 11) is 0. The highest BCUT2D eigenvalue weighted by atomic mass is 16.4. The molecule has 2 rings (SSSR count). The van der Waals surface area contributed by atoms with Crippen LogP contribution < -0.4 is 5.32 Å². The van der Waals surface area contributed by atoms with E-state index in [1.165, 1.54) is 0 Å². The molecule has 5 nitrogen and oxygen atoms in total. The number of carboxylic acids is 1. The molecule has 0 saturated heterocycles. The normalized spacial score (nSPS) is 14.1. The van der Waals surface area contributed by atoms with Crippen molar-refractivity contribution in [3.05, 3.63) is 30.5 Å². The second-order valence-electron chi connectivity index (χ2n) is 4.31. The second-order valence-corrected chi connectivity index (χ2v) is 4.31. The number of anilines is 1. The first-order chi connectivity index (χ1) is 8.58. The van der Waals surface area contributed by atoms with Gasteiger partial charge in [-0.05, 0) is 19.9 Å². The van der Waals surface area contributed by atoms with Crippen molar-refractivity contribution in [2.24, 2.45) is 5.92 Å². The van der Waals surface area contributed by atoms with Gasteiger partial charge in [-0.15, -0.1) is 0 Å². The second kappa shape index (κ2) is 5.00. The molecule has 1 aromatic carbocycles. The third kappa shape index (κ3) is 2.56. The van der Waals surface area contributed by atoms with Gasteiger partial charge in [-0.1, -0.05) is 18.2 Å². The summed E-state index contributed by atoms with van der Waals surface area (Å²) in [5.74, 6) is -0.884. The van der Waals surface area contributed by atoms with Crippen molar-refractivity contribution in [3.63, 3.8) is 0 Å². The van der Waals surface area contributed by atoms with Crippen LogP contribution in [0.1, 0.15) is 13.8 Å². The molecule has 0 bridgehead atoms. The Hall–Kier alpha value is -2.17. The molecule has 0 aliphatic carbocycles. The number of hydrogen-bond acceptors (Lipinski definition) is 4. The fraction of sp³-hybridized carbons (Fsp3) is 0.308. The highest BCUT2D eigenvalue weighted by Crippen LogP contribution is 2.14. The zero-order valence-corrected chi connectivity index (χ0v) is 10.3. The minimum Gasteiger partial charge on any atom is -0.481 e. The summed E-state index contributed by atoms with van der Waals surface area (Å²) in [4.78, 5) is 19.4. The molecule has 2 atom stereocenters. The third-order valence-electron chi connectivity index (χ3n) is 2.99. The fourth-order valence-corrected chi connectivity index (χ4v) is 1.58. The van der Waals surface area contributed by atoms with Crippen LogP contribution in [-0.2, 0) is 4.79 Å². The summed E-state index contributed by atoms with van der Waals surface area (Å²) in [5.41, 5.74) is 0.838. The lowest BCUT2D eigenvalue weighted by atomic mass is 10.0. The Balaban J connectivity index is 2.19. The lowest BCUT2D eigenvalue weighted by Gasteiger charge is -2.17. The maximum atomic E-state index is 10.9. The molecule has 0 spiro atoms. The minimum atomic E-state index is -0.837. The predicted octanol–water partition coefficient (Wildman–Crippen LogP) is 2.15. The average molecular weight is 245 g/mol. The average Bonchev–Trinajstić information content (AvgIpc) is 2.37. The van der Waals surface area contributed by atoms with Crippen molar-refractivity contribution in [1.82, 2.24) is 9.97 Å². The van der Waals surface area contributed by atoms with Gasteiger partial charge in [0, 0.05) is 17.6 Å². The van der Waals surface area contributed by atoms with Crippen molar-refractivity contribution in [3.8, 4) is 0 Å². The van der Waals surface area contributed by atoms with Gasteiger partial charge in [0.15, 0.2) is 0 Å². The highest BCUT2D eigenvalue weighted by molar-refractivity contribution is 5.78. The molecule has 0 aliphatic heterocycles. The van der Waals surface area contributed by atoms with Gasteiger partial charge in [-0.2, -0.15) is 0 Å². The van der Waals surface area contributed by atoms with E-state index in [4.69, 9.17) is 5.11 Å². The molecule has 0 fully saturated rings. The molecule has 1 heterocycles. The standard InChI is InChI=1S/C13H15N3O2/c1-8(12(17)18)9(2)15-13-14-7-10-5-3-4-6-11(10)16-13/h3-9H,1-2H3,(H,17,18)(H,14,15,16). The van der Waals surface area contributed by atoms with E-state index in [-0.39, 0.29) is 6.04 Å². The smallest absolute Gasteiger partial charge is 0.308 e. The molecule has 0 amide bonds. The number of carboxylic acid groups (broad SMARTS) is 1. The van der Waals surface area contributed by atoms with Gasteiger partial charge in [-0.25, -0.2) is 9.97 Å². The summed E-state index contributed by atoms with van der Waals surface area (Å²) in [6.07, 6.45) is 1.73. The Bertz CT molecular complexity index is 571. The van der Waals surface area contributed by atoms with Crippen LogP contribution in [0.3, 0.4) is 0 Å². The van der Waals surface area contributed by atoms with Crippen LogP contribution in [0.25, 0.3) is 10.9 Å². The van der Waals surface area contributed by atoms with Crippen molar-refractivity contribution in [1.29, 1.82) is 0 Å². The lowest BCUT2D eigenvalue weighted by molar-refractivity contribution is -0.141. The number of nitrogens with zero attached hydrogens (tertiary/aromatic N) is 2. The quantitative estimate of drug-likeness (QED) is 0.863. The third-order valence-corrected chi connectivity index (χ3v) is 2.99. The van der Waals surface area contributed by atoms with Crippen LogP contribution in [0.2, 0.25) is 0 Å². The van der Waals surface area contributed by atoms with Crippen LogP contribution in [-0.4, -0.2) is 27.1 Å². The van der Waals surface area contributed by atoms with E-state index in [0.717, 1.165) is 10.9 Å². The van der Waals surface area contributed by atoms with Crippen molar-refractivity contribution < 1.29 is 9.90 Å². The number of fused-ring (bicyclic) bond motifs is 1. The van der Waals surface area contributed by atoms with Gasteiger partial charge in [-0.3, -0.25) is 4.79 Å². The first-order valence-electron chi connectivity index (χ1n) is 5.79. The molecule has 1 aromatic heterocycles.